The highest BCUT2D eigenvalue weighted by Crippen LogP contribution is 2.65. The SMILES string of the molecule is CC1(C)C2CCC1(C)C(NCCCOCc1ccco1)C2. The third-order valence-electron chi connectivity index (χ3n) is 6.47. The summed E-state index contributed by atoms with van der Waals surface area (Å²) in [6.45, 7) is 9.87. The second-order valence-corrected chi connectivity index (χ2v) is 7.60. The van der Waals surface area contributed by atoms with Gasteiger partial charge in [0, 0.05) is 12.6 Å². The molecule has 0 amide bonds. The van der Waals surface area contributed by atoms with Gasteiger partial charge in [0.2, 0.25) is 0 Å². The Morgan fingerprint density at radius 1 is 1.38 bits per heavy atom. The molecule has 2 bridgehead atoms. The van der Waals surface area contributed by atoms with Gasteiger partial charge in [0.15, 0.2) is 0 Å². The molecule has 3 nitrogen and oxygen atoms in total. The van der Waals surface area contributed by atoms with Crippen molar-refractivity contribution in [3.63, 3.8) is 0 Å². The predicted octanol–water partition coefficient (Wildman–Crippen LogP) is 3.99. The minimum atomic E-state index is 0.479. The van der Waals surface area contributed by atoms with Crippen LogP contribution < -0.4 is 5.32 Å². The molecule has 0 spiro atoms. The fraction of sp³-hybridized carbons (Fsp3) is 0.778. The summed E-state index contributed by atoms with van der Waals surface area (Å²) in [5.74, 6) is 1.82. The first-order valence-corrected chi connectivity index (χ1v) is 8.37. The Bertz CT molecular complexity index is 454. The smallest absolute Gasteiger partial charge is 0.129 e. The fourth-order valence-electron chi connectivity index (χ4n) is 4.53. The molecule has 0 aliphatic heterocycles. The summed E-state index contributed by atoms with van der Waals surface area (Å²) in [6, 6.07) is 4.55. The zero-order valence-corrected chi connectivity index (χ0v) is 13.7. The van der Waals surface area contributed by atoms with E-state index in [0.29, 0.717) is 23.5 Å². The summed E-state index contributed by atoms with van der Waals surface area (Å²) < 4.78 is 10.9. The highest BCUT2D eigenvalue weighted by atomic mass is 16.5. The first-order chi connectivity index (χ1) is 10.0. The van der Waals surface area contributed by atoms with Crippen molar-refractivity contribution in [3.8, 4) is 0 Å². The molecule has 3 heteroatoms. The molecule has 3 unspecified atom stereocenters. The third-order valence-corrected chi connectivity index (χ3v) is 6.47. The molecule has 2 aliphatic rings. The standard InChI is InChI=1S/C18H29NO2/c1-17(2)14-7-8-18(17,3)16(12-14)19-9-5-10-20-13-15-6-4-11-21-15/h4,6,11,14,16,19H,5,7-10,12-13H2,1-3H3. The maximum Gasteiger partial charge on any atom is 0.129 e. The lowest BCUT2D eigenvalue weighted by molar-refractivity contribution is 0.0969. The van der Waals surface area contributed by atoms with E-state index in [1.807, 2.05) is 12.1 Å². The number of ether oxygens (including phenoxy) is 1. The molecule has 3 rings (SSSR count). The minimum Gasteiger partial charge on any atom is -0.467 e. The summed E-state index contributed by atoms with van der Waals surface area (Å²) in [5, 5.41) is 3.80. The molecule has 0 aromatic carbocycles. The molecule has 1 N–H and O–H groups in total. The van der Waals surface area contributed by atoms with Crippen LogP contribution in [0.15, 0.2) is 22.8 Å². The zero-order valence-electron chi connectivity index (χ0n) is 13.7. The summed E-state index contributed by atoms with van der Waals surface area (Å²) in [5.41, 5.74) is 0.979. The van der Waals surface area contributed by atoms with Crippen LogP contribution in [0.1, 0.15) is 52.2 Å². The number of furan rings is 1. The van der Waals surface area contributed by atoms with Gasteiger partial charge in [-0.25, -0.2) is 0 Å². The normalized spacial score (nSPS) is 33.7. The average Bonchev–Trinajstić information content (AvgIpc) is 3.08. The van der Waals surface area contributed by atoms with Crippen LogP contribution in [0.4, 0.5) is 0 Å². The highest BCUT2D eigenvalue weighted by molar-refractivity contribution is 5.12. The Balaban J connectivity index is 1.35. The van der Waals surface area contributed by atoms with Gasteiger partial charge >= 0.3 is 0 Å². The Hall–Kier alpha value is -0.800. The summed E-state index contributed by atoms with van der Waals surface area (Å²) >= 11 is 0. The molecule has 1 aromatic rings. The van der Waals surface area contributed by atoms with E-state index < -0.39 is 0 Å². The molecule has 1 aromatic heterocycles. The van der Waals surface area contributed by atoms with Gasteiger partial charge in [-0.05, 0) is 61.1 Å². The number of hydrogen-bond acceptors (Lipinski definition) is 3. The van der Waals surface area contributed by atoms with Gasteiger partial charge in [0.05, 0.1) is 6.26 Å². The van der Waals surface area contributed by atoms with Crippen LogP contribution in [0.5, 0.6) is 0 Å². The number of rotatable bonds is 7. The van der Waals surface area contributed by atoms with E-state index in [1.54, 1.807) is 6.26 Å². The Kier molecular flexibility index (Phi) is 4.15. The summed E-state index contributed by atoms with van der Waals surface area (Å²) in [7, 11) is 0. The minimum absolute atomic E-state index is 0.479. The second kappa shape index (κ2) is 5.77. The zero-order chi connectivity index (χ0) is 14.9. The topological polar surface area (TPSA) is 34.4 Å². The molecule has 1 heterocycles. The van der Waals surface area contributed by atoms with Crippen molar-refractivity contribution >= 4 is 0 Å². The van der Waals surface area contributed by atoms with Gasteiger partial charge in [0.1, 0.15) is 12.4 Å². The number of nitrogens with one attached hydrogen (secondary N) is 1. The molecular weight excluding hydrogens is 262 g/mol. The van der Waals surface area contributed by atoms with Gasteiger partial charge < -0.3 is 14.5 Å². The van der Waals surface area contributed by atoms with Gasteiger partial charge in [-0.1, -0.05) is 20.8 Å². The molecule has 2 saturated carbocycles. The molecule has 2 aliphatic carbocycles. The van der Waals surface area contributed by atoms with E-state index in [2.05, 4.69) is 26.1 Å². The third kappa shape index (κ3) is 2.66. The van der Waals surface area contributed by atoms with Crippen molar-refractivity contribution in [2.24, 2.45) is 16.7 Å². The lowest BCUT2D eigenvalue weighted by atomic mass is 9.69. The lowest BCUT2D eigenvalue weighted by Gasteiger charge is -2.39. The maximum atomic E-state index is 5.64. The first-order valence-electron chi connectivity index (χ1n) is 8.37. The Morgan fingerprint density at radius 3 is 2.86 bits per heavy atom. The van der Waals surface area contributed by atoms with Crippen LogP contribution >= 0.6 is 0 Å². The van der Waals surface area contributed by atoms with Gasteiger partial charge in [-0.15, -0.1) is 0 Å². The monoisotopic (exact) mass is 291 g/mol. The fourth-order valence-corrected chi connectivity index (χ4v) is 4.53. The van der Waals surface area contributed by atoms with Crippen LogP contribution in [0.25, 0.3) is 0 Å². The van der Waals surface area contributed by atoms with E-state index in [-0.39, 0.29) is 0 Å². The van der Waals surface area contributed by atoms with Crippen LogP contribution in [0.3, 0.4) is 0 Å². The average molecular weight is 291 g/mol. The first kappa shape index (κ1) is 15.1. The molecule has 21 heavy (non-hydrogen) atoms. The molecule has 118 valence electrons. The Morgan fingerprint density at radius 2 is 2.24 bits per heavy atom. The highest BCUT2D eigenvalue weighted by Gasteiger charge is 2.60. The van der Waals surface area contributed by atoms with Crippen molar-refractivity contribution in [2.75, 3.05) is 13.2 Å². The quantitative estimate of drug-likeness (QED) is 0.771. The molecule has 2 fully saturated rings. The number of fused-ring (bicyclic) bond motifs is 2. The van der Waals surface area contributed by atoms with Crippen molar-refractivity contribution in [2.45, 2.75) is 59.1 Å². The van der Waals surface area contributed by atoms with Gasteiger partial charge in [-0.2, -0.15) is 0 Å². The molecular formula is C18H29NO2. The van der Waals surface area contributed by atoms with Crippen molar-refractivity contribution in [3.05, 3.63) is 24.2 Å². The second-order valence-electron chi connectivity index (χ2n) is 7.60. The summed E-state index contributed by atoms with van der Waals surface area (Å²) in [6.07, 6.45) is 6.93. The number of hydrogen-bond donors (Lipinski definition) is 1. The van der Waals surface area contributed by atoms with E-state index in [0.717, 1.165) is 31.3 Å². The van der Waals surface area contributed by atoms with E-state index in [4.69, 9.17) is 9.15 Å². The van der Waals surface area contributed by atoms with Gasteiger partial charge in [0.25, 0.3) is 0 Å². The maximum absolute atomic E-state index is 5.64. The van der Waals surface area contributed by atoms with Crippen molar-refractivity contribution in [1.29, 1.82) is 0 Å². The van der Waals surface area contributed by atoms with E-state index in [1.165, 1.54) is 19.3 Å². The summed E-state index contributed by atoms with van der Waals surface area (Å²) in [4.78, 5) is 0. The predicted molar refractivity (Wildman–Crippen MR) is 84.0 cm³/mol. The van der Waals surface area contributed by atoms with Crippen LogP contribution in [0, 0.1) is 16.7 Å². The molecule has 0 radical (unpaired) electrons. The van der Waals surface area contributed by atoms with Crippen molar-refractivity contribution < 1.29 is 9.15 Å². The molecule has 0 saturated heterocycles. The van der Waals surface area contributed by atoms with Gasteiger partial charge in [-0.3, -0.25) is 0 Å². The largest absolute Gasteiger partial charge is 0.467 e. The molecule has 3 atom stereocenters. The van der Waals surface area contributed by atoms with Crippen LogP contribution in [0.2, 0.25) is 0 Å². The van der Waals surface area contributed by atoms with E-state index in [9.17, 15) is 0 Å². The van der Waals surface area contributed by atoms with Crippen LogP contribution in [-0.2, 0) is 11.3 Å². The Labute approximate surface area is 128 Å². The van der Waals surface area contributed by atoms with E-state index >= 15 is 0 Å². The van der Waals surface area contributed by atoms with Crippen molar-refractivity contribution in [1.82, 2.24) is 5.32 Å². The lowest BCUT2D eigenvalue weighted by Crippen LogP contribution is -2.44. The van der Waals surface area contributed by atoms with Crippen LogP contribution in [-0.4, -0.2) is 19.2 Å².